The molecule has 1 heterocycles. The first-order valence-electron chi connectivity index (χ1n) is 5.97. The van der Waals surface area contributed by atoms with Crippen LogP contribution in [0.25, 0.3) is 10.9 Å². The molecule has 0 atom stereocenters. The molecular formula is C14H20N2. The first-order chi connectivity index (χ1) is 7.53. The summed E-state index contributed by atoms with van der Waals surface area (Å²) in [6, 6.07) is 6.64. The summed E-state index contributed by atoms with van der Waals surface area (Å²) in [6.45, 7) is 6.85. The number of fused-ring (bicyclic) bond motifs is 1. The molecule has 0 bridgehead atoms. The van der Waals surface area contributed by atoms with Crippen LogP contribution in [0.3, 0.4) is 0 Å². The van der Waals surface area contributed by atoms with Crippen LogP contribution >= 0.6 is 0 Å². The lowest BCUT2D eigenvalue weighted by Gasteiger charge is -2.24. The molecule has 0 aliphatic carbocycles. The highest BCUT2D eigenvalue weighted by molar-refractivity contribution is 5.78. The summed E-state index contributed by atoms with van der Waals surface area (Å²) in [4.78, 5) is 0. The highest BCUT2D eigenvalue weighted by Gasteiger charge is 2.19. The summed E-state index contributed by atoms with van der Waals surface area (Å²) in [5, 5.41) is 5.68. The standard InChI is InChI=1S/C14H20N2/c1-5-8-14(2,3)12-7-6-11-10-16(4)15-13(11)9-12/h6-7,9-10H,5,8H2,1-4H3. The van der Waals surface area contributed by atoms with Gasteiger partial charge in [0.1, 0.15) is 0 Å². The number of hydrogen-bond donors (Lipinski definition) is 0. The highest BCUT2D eigenvalue weighted by Crippen LogP contribution is 2.30. The monoisotopic (exact) mass is 216 g/mol. The van der Waals surface area contributed by atoms with Crippen LogP contribution in [0.4, 0.5) is 0 Å². The number of hydrogen-bond acceptors (Lipinski definition) is 1. The maximum atomic E-state index is 4.46. The van der Waals surface area contributed by atoms with Crippen molar-refractivity contribution in [2.45, 2.75) is 39.0 Å². The molecule has 1 aromatic heterocycles. The van der Waals surface area contributed by atoms with Crippen LogP contribution < -0.4 is 0 Å². The molecule has 0 aliphatic rings. The fraction of sp³-hybridized carbons (Fsp3) is 0.500. The molecule has 2 aromatic rings. The Labute approximate surface area is 97.3 Å². The summed E-state index contributed by atoms with van der Waals surface area (Å²) < 4.78 is 1.88. The predicted molar refractivity (Wildman–Crippen MR) is 68.6 cm³/mol. The van der Waals surface area contributed by atoms with Gasteiger partial charge in [0.15, 0.2) is 0 Å². The van der Waals surface area contributed by atoms with Gasteiger partial charge in [-0.3, -0.25) is 4.68 Å². The van der Waals surface area contributed by atoms with E-state index < -0.39 is 0 Å². The molecule has 0 unspecified atom stereocenters. The molecule has 0 saturated heterocycles. The van der Waals surface area contributed by atoms with Crippen molar-refractivity contribution in [3.8, 4) is 0 Å². The van der Waals surface area contributed by atoms with E-state index in [0.29, 0.717) is 0 Å². The largest absolute Gasteiger partial charge is 0.275 e. The second-order valence-corrected chi connectivity index (χ2v) is 5.21. The Morgan fingerprint density at radius 2 is 2.06 bits per heavy atom. The van der Waals surface area contributed by atoms with Crippen molar-refractivity contribution in [3.63, 3.8) is 0 Å². The van der Waals surface area contributed by atoms with Gasteiger partial charge >= 0.3 is 0 Å². The normalized spacial score (nSPS) is 12.2. The molecule has 2 nitrogen and oxygen atoms in total. The van der Waals surface area contributed by atoms with E-state index in [-0.39, 0.29) is 5.41 Å². The summed E-state index contributed by atoms with van der Waals surface area (Å²) in [7, 11) is 1.97. The smallest absolute Gasteiger partial charge is 0.0926 e. The third-order valence-electron chi connectivity index (χ3n) is 3.28. The van der Waals surface area contributed by atoms with Gasteiger partial charge in [-0.1, -0.05) is 39.3 Å². The van der Waals surface area contributed by atoms with E-state index in [1.807, 2.05) is 11.7 Å². The van der Waals surface area contributed by atoms with Crippen molar-refractivity contribution in [1.29, 1.82) is 0 Å². The van der Waals surface area contributed by atoms with E-state index >= 15 is 0 Å². The molecule has 16 heavy (non-hydrogen) atoms. The first kappa shape index (κ1) is 11.2. The Kier molecular flexibility index (Phi) is 2.75. The molecule has 1 aromatic carbocycles. The van der Waals surface area contributed by atoms with E-state index in [4.69, 9.17) is 0 Å². The van der Waals surface area contributed by atoms with Gasteiger partial charge in [-0.05, 0) is 23.5 Å². The van der Waals surface area contributed by atoms with E-state index in [0.717, 1.165) is 5.52 Å². The lowest BCUT2D eigenvalue weighted by Crippen LogP contribution is -2.16. The van der Waals surface area contributed by atoms with Crippen molar-refractivity contribution in [3.05, 3.63) is 30.0 Å². The minimum Gasteiger partial charge on any atom is -0.275 e. The zero-order valence-corrected chi connectivity index (χ0v) is 10.6. The Bertz CT molecular complexity index is 494. The summed E-state index contributed by atoms with van der Waals surface area (Å²) in [5.74, 6) is 0. The highest BCUT2D eigenvalue weighted by atomic mass is 15.2. The average Bonchev–Trinajstić information content (AvgIpc) is 2.56. The fourth-order valence-electron chi connectivity index (χ4n) is 2.33. The Morgan fingerprint density at radius 1 is 1.31 bits per heavy atom. The minimum atomic E-state index is 0.250. The van der Waals surface area contributed by atoms with Crippen molar-refractivity contribution in [2.24, 2.45) is 7.05 Å². The lowest BCUT2D eigenvalue weighted by molar-refractivity contribution is 0.473. The van der Waals surface area contributed by atoms with Crippen LogP contribution in [-0.4, -0.2) is 9.78 Å². The van der Waals surface area contributed by atoms with Crippen LogP contribution in [0, 0.1) is 0 Å². The van der Waals surface area contributed by atoms with Gasteiger partial charge in [0.05, 0.1) is 5.52 Å². The lowest BCUT2D eigenvalue weighted by atomic mass is 9.80. The Balaban J connectivity index is 2.45. The minimum absolute atomic E-state index is 0.250. The second-order valence-electron chi connectivity index (χ2n) is 5.21. The SMILES string of the molecule is CCCC(C)(C)c1ccc2cn(C)nc2c1. The van der Waals surface area contributed by atoms with Gasteiger partial charge < -0.3 is 0 Å². The average molecular weight is 216 g/mol. The number of rotatable bonds is 3. The van der Waals surface area contributed by atoms with Crippen LogP contribution in [-0.2, 0) is 12.5 Å². The van der Waals surface area contributed by atoms with Crippen molar-refractivity contribution in [2.75, 3.05) is 0 Å². The third kappa shape index (κ3) is 1.97. The van der Waals surface area contributed by atoms with E-state index in [2.05, 4.69) is 50.3 Å². The zero-order chi connectivity index (χ0) is 11.8. The summed E-state index contributed by atoms with van der Waals surface area (Å²) in [6.07, 6.45) is 4.49. The van der Waals surface area contributed by atoms with Gasteiger partial charge in [-0.25, -0.2) is 0 Å². The fourth-order valence-corrected chi connectivity index (χ4v) is 2.33. The molecule has 2 heteroatoms. The summed E-state index contributed by atoms with van der Waals surface area (Å²) in [5.41, 5.74) is 2.74. The maximum absolute atomic E-state index is 4.46. The molecule has 2 rings (SSSR count). The molecule has 0 aliphatic heterocycles. The molecular weight excluding hydrogens is 196 g/mol. The molecule has 0 amide bonds. The molecule has 0 radical (unpaired) electrons. The quantitative estimate of drug-likeness (QED) is 0.765. The van der Waals surface area contributed by atoms with Crippen LogP contribution in [0.1, 0.15) is 39.2 Å². The zero-order valence-electron chi connectivity index (χ0n) is 10.6. The number of benzene rings is 1. The third-order valence-corrected chi connectivity index (χ3v) is 3.28. The van der Waals surface area contributed by atoms with E-state index in [9.17, 15) is 0 Å². The molecule has 86 valence electrons. The first-order valence-corrected chi connectivity index (χ1v) is 5.97. The van der Waals surface area contributed by atoms with E-state index in [1.165, 1.54) is 23.8 Å². The predicted octanol–water partition coefficient (Wildman–Crippen LogP) is 3.65. The van der Waals surface area contributed by atoms with Crippen molar-refractivity contribution >= 4 is 10.9 Å². The van der Waals surface area contributed by atoms with Gasteiger partial charge in [0, 0.05) is 18.6 Å². The Hall–Kier alpha value is -1.31. The van der Waals surface area contributed by atoms with Crippen molar-refractivity contribution in [1.82, 2.24) is 9.78 Å². The maximum Gasteiger partial charge on any atom is 0.0926 e. The van der Waals surface area contributed by atoms with Crippen LogP contribution in [0.5, 0.6) is 0 Å². The van der Waals surface area contributed by atoms with E-state index in [1.54, 1.807) is 0 Å². The van der Waals surface area contributed by atoms with Gasteiger partial charge in [0.2, 0.25) is 0 Å². The van der Waals surface area contributed by atoms with Gasteiger partial charge in [-0.2, -0.15) is 5.10 Å². The number of aromatic nitrogens is 2. The number of aryl methyl sites for hydroxylation is 1. The Morgan fingerprint density at radius 3 is 2.75 bits per heavy atom. The van der Waals surface area contributed by atoms with Crippen molar-refractivity contribution < 1.29 is 0 Å². The molecule has 0 spiro atoms. The van der Waals surface area contributed by atoms with Gasteiger partial charge in [-0.15, -0.1) is 0 Å². The number of nitrogens with zero attached hydrogens (tertiary/aromatic N) is 2. The van der Waals surface area contributed by atoms with Crippen LogP contribution in [0.2, 0.25) is 0 Å². The molecule has 0 fully saturated rings. The molecule has 0 saturated carbocycles. The molecule has 0 N–H and O–H groups in total. The topological polar surface area (TPSA) is 17.8 Å². The van der Waals surface area contributed by atoms with Gasteiger partial charge in [0.25, 0.3) is 0 Å². The second kappa shape index (κ2) is 3.93. The summed E-state index contributed by atoms with van der Waals surface area (Å²) >= 11 is 0. The van der Waals surface area contributed by atoms with Crippen LogP contribution in [0.15, 0.2) is 24.4 Å².